The number of hydrogen-bond acceptors (Lipinski definition) is 8. The van der Waals surface area contributed by atoms with Gasteiger partial charge in [0, 0.05) is 32.0 Å². The van der Waals surface area contributed by atoms with Crippen molar-refractivity contribution in [1.29, 1.82) is 0 Å². The van der Waals surface area contributed by atoms with E-state index in [2.05, 4.69) is 17.6 Å². The highest BCUT2D eigenvalue weighted by Gasteiger charge is 2.49. The molecule has 2 atom stereocenters. The average molecular weight is 697 g/mol. The summed E-state index contributed by atoms with van der Waals surface area (Å²) in [5.41, 5.74) is 7.28. The standard InChI is InChI=1S/C39H40N2O8S/c42-36(40-49-37-16-8-9-24-46-37)26-39(28-17-19-30(20-18-28)48-29-10-2-1-3-11-29)21-22-41(23-25-50(39,44)45)38(43)47-27-35-33-14-6-4-12-31(33)32-13-5-7-15-34(32)35/h1-7,10-15,17-20,35,37H,8-9,16,21-27H2,(H,40,42). The molecule has 0 bridgehead atoms. The summed E-state index contributed by atoms with van der Waals surface area (Å²) in [5.74, 6) is 0.0803. The molecule has 11 heteroatoms. The van der Waals surface area contributed by atoms with Crippen molar-refractivity contribution in [2.24, 2.45) is 0 Å². The fourth-order valence-corrected chi connectivity index (χ4v) is 9.28. The van der Waals surface area contributed by atoms with Crippen LogP contribution in [0.2, 0.25) is 0 Å². The first kappa shape index (κ1) is 33.8. The summed E-state index contributed by atoms with van der Waals surface area (Å²) >= 11 is 0. The summed E-state index contributed by atoms with van der Waals surface area (Å²) in [6.07, 6.45) is 0.841. The number of carbonyl (C=O) groups excluding carboxylic acids is 2. The third-order valence-corrected chi connectivity index (χ3v) is 12.3. The normalized spacial score (nSPS) is 21.4. The second-order valence-corrected chi connectivity index (χ2v) is 15.3. The van der Waals surface area contributed by atoms with Gasteiger partial charge in [-0.05, 0) is 71.3 Å². The molecule has 7 rings (SSSR count). The molecule has 260 valence electrons. The number of nitrogens with one attached hydrogen (secondary N) is 1. The monoisotopic (exact) mass is 696 g/mol. The van der Waals surface area contributed by atoms with Crippen LogP contribution in [-0.2, 0) is 33.7 Å². The largest absolute Gasteiger partial charge is 0.457 e. The molecule has 2 amide bonds. The predicted octanol–water partition coefficient (Wildman–Crippen LogP) is 6.71. The maximum Gasteiger partial charge on any atom is 0.409 e. The van der Waals surface area contributed by atoms with Gasteiger partial charge in [-0.15, -0.1) is 0 Å². The van der Waals surface area contributed by atoms with Crippen LogP contribution in [0.5, 0.6) is 11.5 Å². The van der Waals surface area contributed by atoms with Crippen molar-refractivity contribution in [2.45, 2.75) is 49.1 Å². The van der Waals surface area contributed by atoms with Gasteiger partial charge in [0.1, 0.15) is 22.9 Å². The van der Waals surface area contributed by atoms with Crippen LogP contribution in [0.3, 0.4) is 0 Å². The predicted molar refractivity (Wildman–Crippen MR) is 187 cm³/mol. The maximum atomic E-state index is 14.3. The van der Waals surface area contributed by atoms with Crippen LogP contribution < -0.4 is 10.2 Å². The molecule has 2 saturated heterocycles. The van der Waals surface area contributed by atoms with E-state index in [1.165, 1.54) is 4.90 Å². The highest BCUT2D eigenvalue weighted by atomic mass is 32.2. The summed E-state index contributed by atoms with van der Waals surface area (Å²) in [7, 11) is -4.00. The number of fused-ring (bicyclic) bond motifs is 3. The Balaban J connectivity index is 1.10. The van der Waals surface area contributed by atoms with Gasteiger partial charge < -0.3 is 19.1 Å². The van der Waals surface area contributed by atoms with E-state index in [9.17, 15) is 18.0 Å². The summed E-state index contributed by atoms with van der Waals surface area (Å²) < 4.78 is 44.4. The van der Waals surface area contributed by atoms with Crippen molar-refractivity contribution >= 4 is 21.8 Å². The fourth-order valence-electron chi connectivity index (χ4n) is 7.18. The number of carbonyl (C=O) groups is 2. The summed E-state index contributed by atoms with van der Waals surface area (Å²) in [6, 6.07) is 32.2. The van der Waals surface area contributed by atoms with Crippen LogP contribution >= 0.6 is 0 Å². The van der Waals surface area contributed by atoms with Crippen molar-refractivity contribution in [1.82, 2.24) is 10.4 Å². The lowest BCUT2D eigenvalue weighted by atomic mass is 9.90. The van der Waals surface area contributed by atoms with Gasteiger partial charge in [-0.2, -0.15) is 0 Å². The zero-order valence-electron chi connectivity index (χ0n) is 27.7. The molecule has 1 N–H and O–H groups in total. The highest BCUT2D eigenvalue weighted by Crippen LogP contribution is 2.45. The molecule has 4 aromatic carbocycles. The van der Waals surface area contributed by atoms with Crippen LogP contribution in [-0.4, -0.2) is 63.7 Å². The summed E-state index contributed by atoms with van der Waals surface area (Å²) in [6.45, 7) is 0.650. The molecule has 0 radical (unpaired) electrons. The first-order valence-corrected chi connectivity index (χ1v) is 18.7. The lowest BCUT2D eigenvalue weighted by Crippen LogP contribution is -2.43. The zero-order chi connectivity index (χ0) is 34.6. The molecule has 2 heterocycles. The number of amides is 2. The molecule has 2 fully saturated rings. The topological polar surface area (TPSA) is 120 Å². The van der Waals surface area contributed by atoms with E-state index in [1.54, 1.807) is 24.3 Å². The van der Waals surface area contributed by atoms with Crippen LogP contribution in [0, 0.1) is 0 Å². The Bertz CT molecular complexity index is 1880. The van der Waals surface area contributed by atoms with Gasteiger partial charge in [-0.1, -0.05) is 78.9 Å². The van der Waals surface area contributed by atoms with Gasteiger partial charge in [0.25, 0.3) is 0 Å². The third kappa shape index (κ3) is 6.98. The molecule has 2 unspecified atom stereocenters. The molecule has 50 heavy (non-hydrogen) atoms. The smallest absolute Gasteiger partial charge is 0.409 e. The number of hydroxylamine groups is 1. The number of sulfone groups is 1. The third-order valence-electron chi connectivity index (χ3n) is 9.85. The van der Waals surface area contributed by atoms with Gasteiger partial charge in [0.2, 0.25) is 5.91 Å². The van der Waals surface area contributed by atoms with Gasteiger partial charge in [0.15, 0.2) is 16.1 Å². The Hall–Kier alpha value is -4.71. The summed E-state index contributed by atoms with van der Waals surface area (Å²) in [5, 5.41) is 0. The second-order valence-electron chi connectivity index (χ2n) is 12.9. The lowest BCUT2D eigenvalue weighted by Gasteiger charge is -2.32. The minimum absolute atomic E-state index is 0.0221. The molecule has 3 aliphatic rings. The minimum Gasteiger partial charge on any atom is -0.457 e. The van der Waals surface area contributed by atoms with E-state index in [0.29, 0.717) is 30.1 Å². The number of ether oxygens (including phenoxy) is 3. The Morgan fingerprint density at radius 2 is 1.48 bits per heavy atom. The Morgan fingerprint density at radius 3 is 2.16 bits per heavy atom. The van der Waals surface area contributed by atoms with E-state index in [1.807, 2.05) is 66.7 Å². The molecule has 1 aliphatic carbocycles. The molecule has 10 nitrogen and oxygen atoms in total. The van der Waals surface area contributed by atoms with E-state index < -0.39 is 39.3 Å². The van der Waals surface area contributed by atoms with Crippen molar-refractivity contribution in [3.05, 3.63) is 120 Å². The van der Waals surface area contributed by atoms with Gasteiger partial charge in [-0.3, -0.25) is 4.79 Å². The van der Waals surface area contributed by atoms with Gasteiger partial charge in [-0.25, -0.2) is 23.5 Å². The van der Waals surface area contributed by atoms with E-state index in [-0.39, 0.29) is 37.8 Å². The minimum atomic E-state index is -4.00. The molecule has 4 aromatic rings. The van der Waals surface area contributed by atoms with Crippen molar-refractivity contribution in [2.75, 3.05) is 32.1 Å². The van der Waals surface area contributed by atoms with Gasteiger partial charge >= 0.3 is 6.09 Å². The quantitative estimate of drug-likeness (QED) is 0.192. The van der Waals surface area contributed by atoms with E-state index in [4.69, 9.17) is 19.0 Å². The Kier molecular flexibility index (Phi) is 9.89. The first-order chi connectivity index (χ1) is 24.3. The molecule has 2 aliphatic heterocycles. The van der Waals surface area contributed by atoms with Crippen LogP contribution in [0.4, 0.5) is 4.79 Å². The lowest BCUT2D eigenvalue weighted by molar-refractivity contribution is -0.200. The SMILES string of the molecule is O=C(CC1(c2ccc(Oc3ccccc3)cc2)CCN(C(=O)OCC2c3ccccc3-c3ccccc32)CCS1(=O)=O)NOC1CCCCO1. The Morgan fingerprint density at radius 1 is 0.820 bits per heavy atom. The maximum absolute atomic E-state index is 14.3. The van der Waals surface area contributed by atoms with Crippen LogP contribution in [0.25, 0.3) is 11.1 Å². The Labute approximate surface area is 292 Å². The van der Waals surface area contributed by atoms with Gasteiger partial charge in [0.05, 0.1) is 12.2 Å². The number of nitrogens with zero attached hydrogens (tertiary/aromatic N) is 1. The number of benzene rings is 4. The average Bonchev–Trinajstić information content (AvgIpc) is 3.39. The van der Waals surface area contributed by atoms with Crippen LogP contribution in [0.15, 0.2) is 103 Å². The van der Waals surface area contributed by atoms with Crippen molar-refractivity contribution in [3.63, 3.8) is 0 Å². The number of hydrogen-bond donors (Lipinski definition) is 1. The molecule has 0 aromatic heterocycles. The first-order valence-electron chi connectivity index (χ1n) is 17.0. The number of para-hydroxylation sites is 1. The highest BCUT2D eigenvalue weighted by molar-refractivity contribution is 7.92. The second kappa shape index (κ2) is 14.6. The summed E-state index contributed by atoms with van der Waals surface area (Å²) in [4.78, 5) is 34.0. The number of rotatable bonds is 9. The zero-order valence-corrected chi connectivity index (χ0v) is 28.5. The molecular formula is C39H40N2O8S. The molecule has 0 spiro atoms. The van der Waals surface area contributed by atoms with Crippen molar-refractivity contribution < 1.29 is 37.1 Å². The molecule has 0 saturated carbocycles. The van der Waals surface area contributed by atoms with Crippen LogP contribution in [0.1, 0.15) is 54.7 Å². The fraction of sp³-hybridized carbons (Fsp3) is 0.333. The molecular weight excluding hydrogens is 657 g/mol. The van der Waals surface area contributed by atoms with Crippen molar-refractivity contribution in [3.8, 4) is 22.6 Å². The van der Waals surface area contributed by atoms with E-state index in [0.717, 1.165) is 35.1 Å². The van der Waals surface area contributed by atoms with E-state index >= 15 is 0 Å².